The van der Waals surface area contributed by atoms with E-state index in [-0.39, 0.29) is 0 Å². The Balaban J connectivity index is 1.34. The zero-order valence-electron chi connectivity index (χ0n) is 15.0. The monoisotopic (exact) mass is 356 g/mol. The molecule has 0 bridgehead atoms. The summed E-state index contributed by atoms with van der Waals surface area (Å²) in [6, 6.07) is 20.9. The van der Waals surface area contributed by atoms with E-state index in [1.807, 2.05) is 24.8 Å². The Morgan fingerprint density at radius 1 is 0.593 bits per heavy atom. The lowest BCUT2D eigenvalue weighted by Crippen LogP contribution is -2.17. The average Bonchev–Trinajstić information content (AvgIpc) is 3.51. The van der Waals surface area contributed by atoms with Crippen LogP contribution in [0.1, 0.15) is 0 Å². The van der Waals surface area contributed by atoms with Crippen LogP contribution in [0.2, 0.25) is 0 Å². The van der Waals surface area contributed by atoms with E-state index in [0.717, 1.165) is 60.2 Å². The Hall–Kier alpha value is -3.34. The second kappa shape index (κ2) is 6.76. The summed E-state index contributed by atoms with van der Waals surface area (Å²) in [4.78, 5) is 12.8. The number of benzene rings is 2. The van der Waals surface area contributed by atoms with Gasteiger partial charge in [-0.15, -0.1) is 0 Å². The van der Waals surface area contributed by atoms with Crippen molar-refractivity contribution in [2.24, 2.45) is 9.98 Å². The standard InChI is InChI=1S/C22H20N4O/c1-5-19(25-13-11-23-15-25)6-2-17(1)21-9-10-22(27-21)18-3-7-20(8-4-18)26-14-12-24-16-26/h1-10,15-16H,11-14H2. The van der Waals surface area contributed by atoms with Gasteiger partial charge in [-0.2, -0.15) is 0 Å². The van der Waals surface area contributed by atoms with E-state index in [0.29, 0.717) is 0 Å². The summed E-state index contributed by atoms with van der Waals surface area (Å²) >= 11 is 0. The van der Waals surface area contributed by atoms with Crippen LogP contribution in [0.5, 0.6) is 0 Å². The highest BCUT2D eigenvalue weighted by atomic mass is 16.3. The van der Waals surface area contributed by atoms with E-state index in [4.69, 9.17) is 4.42 Å². The van der Waals surface area contributed by atoms with Crippen LogP contribution in [0.25, 0.3) is 22.6 Å². The lowest BCUT2D eigenvalue weighted by molar-refractivity contribution is 0.597. The molecule has 1 aromatic heterocycles. The number of anilines is 2. The predicted octanol–water partition coefficient (Wildman–Crippen LogP) is 4.31. The highest BCUT2D eigenvalue weighted by Crippen LogP contribution is 2.31. The van der Waals surface area contributed by atoms with Crippen LogP contribution in [-0.2, 0) is 0 Å². The maximum Gasteiger partial charge on any atom is 0.134 e. The quantitative estimate of drug-likeness (QED) is 0.700. The van der Waals surface area contributed by atoms with Gasteiger partial charge in [0, 0.05) is 35.6 Å². The molecule has 0 atom stereocenters. The van der Waals surface area contributed by atoms with E-state index < -0.39 is 0 Å². The minimum atomic E-state index is 0.868. The van der Waals surface area contributed by atoms with Gasteiger partial charge in [-0.25, -0.2) is 0 Å². The van der Waals surface area contributed by atoms with Gasteiger partial charge >= 0.3 is 0 Å². The third-order valence-corrected chi connectivity index (χ3v) is 4.96. The first kappa shape index (κ1) is 15.9. The lowest BCUT2D eigenvalue weighted by atomic mass is 10.1. The summed E-state index contributed by atoms with van der Waals surface area (Å²) in [5.74, 6) is 1.75. The van der Waals surface area contributed by atoms with Crippen molar-refractivity contribution in [1.29, 1.82) is 0 Å². The van der Waals surface area contributed by atoms with Crippen molar-refractivity contribution in [1.82, 2.24) is 0 Å². The summed E-state index contributed by atoms with van der Waals surface area (Å²) < 4.78 is 6.11. The number of furan rings is 1. The van der Waals surface area contributed by atoms with Crippen LogP contribution in [0.4, 0.5) is 11.4 Å². The van der Waals surface area contributed by atoms with Crippen molar-refractivity contribution in [3.63, 3.8) is 0 Å². The first-order chi connectivity index (χ1) is 13.4. The third-order valence-electron chi connectivity index (χ3n) is 4.96. The highest BCUT2D eigenvalue weighted by molar-refractivity contribution is 5.82. The molecule has 2 aliphatic rings. The second-order valence-corrected chi connectivity index (χ2v) is 6.69. The first-order valence-electron chi connectivity index (χ1n) is 9.21. The molecule has 27 heavy (non-hydrogen) atoms. The summed E-state index contributed by atoms with van der Waals surface area (Å²) in [5, 5.41) is 0. The molecule has 0 spiro atoms. The smallest absolute Gasteiger partial charge is 0.134 e. The average molecular weight is 356 g/mol. The molecule has 0 N–H and O–H groups in total. The van der Waals surface area contributed by atoms with Gasteiger partial charge in [0.25, 0.3) is 0 Å². The van der Waals surface area contributed by atoms with Gasteiger partial charge < -0.3 is 14.2 Å². The van der Waals surface area contributed by atoms with Gasteiger partial charge in [0.2, 0.25) is 0 Å². The summed E-state index contributed by atoms with van der Waals surface area (Å²) in [7, 11) is 0. The number of rotatable bonds is 4. The second-order valence-electron chi connectivity index (χ2n) is 6.69. The Kier molecular flexibility index (Phi) is 3.98. The normalized spacial score (nSPS) is 15.9. The minimum absolute atomic E-state index is 0.868. The zero-order chi connectivity index (χ0) is 18.1. The predicted molar refractivity (Wildman–Crippen MR) is 111 cm³/mol. The lowest BCUT2D eigenvalue weighted by Gasteiger charge is -2.14. The molecule has 3 aromatic rings. The number of hydrogen-bond donors (Lipinski definition) is 0. The topological polar surface area (TPSA) is 44.3 Å². The third kappa shape index (κ3) is 3.12. The van der Waals surface area contributed by atoms with Gasteiger partial charge in [-0.1, -0.05) is 0 Å². The van der Waals surface area contributed by atoms with Gasteiger partial charge in [-0.3, -0.25) is 9.98 Å². The van der Waals surface area contributed by atoms with Gasteiger partial charge in [0.1, 0.15) is 11.5 Å². The molecule has 0 aliphatic carbocycles. The molecule has 0 radical (unpaired) electrons. The Morgan fingerprint density at radius 3 is 1.41 bits per heavy atom. The molecular weight excluding hydrogens is 336 g/mol. The van der Waals surface area contributed by atoms with Crippen LogP contribution in [0, 0.1) is 0 Å². The molecule has 0 amide bonds. The Labute approximate surface area is 158 Å². The fraction of sp³-hybridized carbons (Fsp3) is 0.182. The molecule has 0 unspecified atom stereocenters. The molecule has 2 aliphatic heterocycles. The molecule has 5 heteroatoms. The van der Waals surface area contributed by atoms with Crippen molar-refractivity contribution >= 4 is 24.1 Å². The first-order valence-corrected chi connectivity index (χ1v) is 9.21. The number of nitrogens with zero attached hydrogens (tertiary/aromatic N) is 4. The summed E-state index contributed by atoms with van der Waals surface area (Å²) in [6.45, 7) is 3.63. The maximum absolute atomic E-state index is 6.11. The Morgan fingerprint density at radius 2 is 1.04 bits per heavy atom. The molecule has 134 valence electrons. The van der Waals surface area contributed by atoms with Crippen molar-refractivity contribution in [2.75, 3.05) is 36.0 Å². The van der Waals surface area contributed by atoms with Crippen LogP contribution < -0.4 is 9.80 Å². The van der Waals surface area contributed by atoms with E-state index in [1.54, 1.807) is 0 Å². The van der Waals surface area contributed by atoms with Crippen LogP contribution in [0.15, 0.2) is 75.1 Å². The molecule has 3 heterocycles. The molecule has 5 rings (SSSR count). The molecule has 0 saturated heterocycles. The Bertz CT molecular complexity index is 906. The number of hydrogen-bond acceptors (Lipinski definition) is 5. The van der Waals surface area contributed by atoms with E-state index in [2.05, 4.69) is 68.3 Å². The van der Waals surface area contributed by atoms with Crippen molar-refractivity contribution in [2.45, 2.75) is 0 Å². The van der Waals surface area contributed by atoms with Gasteiger partial charge in [-0.05, 0) is 60.7 Å². The maximum atomic E-state index is 6.11. The molecule has 2 aromatic carbocycles. The van der Waals surface area contributed by atoms with Crippen molar-refractivity contribution < 1.29 is 4.42 Å². The summed E-state index contributed by atoms with van der Waals surface area (Å²) in [6.07, 6.45) is 3.80. The molecule has 0 fully saturated rings. The van der Waals surface area contributed by atoms with Gasteiger partial charge in [0.05, 0.1) is 25.8 Å². The van der Waals surface area contributed by atoms with E-state index in [9.17, 15) is 0 Å². The van der Waals surface area contributed by atoms with Crippen LogP contribution in [-0.4, -0.2) is 38.9 Å². The van der Waals surface area contributed by atoms with Crippen molar-refractivity contribution in [3.05, 3.63) is 60.7 Å². The molecule has 0 saturated carbocycles. The van der Waals surface area contributed by atoms with Crippen LogP contribution >= 0.6 is 0 Å². The van der Waals surface area contributed by atoms with Crippen LogP contribution in [0.3, 0.4) is 0 Å². The van der Waals surface area contributed by atoms with E-state index >= 15 is 0 Å². The fourth-order valence-corrected chi connectivity index (χ4v) is 3.43. The summed E-state index contributed by atoms with van der Waals surface area (Å²) in [5.41, 5.74) is 4.47. The van der Waals surface area contributed by atoms with E-state index in [1.165, 1.54) is 0 Å². The molecular formula is C22H20N4O. The fourth-order valence-electron chi connectivity index (χ4n) is 3.43. The SMILES string of the molecule is C1=NCCN1c1ccc(-c2ccc(-c3ccc(N4C=NCC4)cc3)o2)cc1. The van der Waals surface area contributed by atoms with Crippen molar-refractivity contribution in [3.8, 4) is 22.6 Å². The zero-order valence-corrected chi connectivity index (χ0v) is 15.0. The minimum Gasteiger partial charge on any atom is -0.456 e. The largest absolute Gasteiger partial charge is 0.456 e. The number of aliphatic imine (C=N–C) groups is 2. The highest BCUT2D eigenvalue weighted by Gasteiger charge is 2.12. The van der Waals surface area contributed by atoms with Gasteiger partial charge in [0.15, 0.2) is 0 Å². The molecule has 5 nitrogen and oxygen atoms in total.